The van der Waals surface area contributed by atoms with Crippen LogP contribution in [0.4, 0.5) is 5.95 Å². The molecular formula is C7H14N4S. The van der Waals surface area contributed by atoms with Gasteiger partial charge in [-0.15, -0.1) is 5.10 Å². The first-order chi connectivity index (χ1) is 5.66. The molecule has 0 spiro atoms. The predicted octanol–water partition coefficient (Wildman–Crippen LogP) is 1.88. The van der Waals surface area contributed by atoms with E-state index in [0.29, 0.717) is 16.8 Å². The third-order valence-electron chi connectivity index (χ3n) is 1.88. The molecule has 1 unspecified atom stereocenters. The maximum absolute atomic E-state index is 5.63. The SMILES string of the molecule is CCCC(C)n1c(N)n[nH]c1=S. The number of rotatable bonds is 3. The van der Waals surface area contributed by atoms with Gasteiger partial charge in [-0.05, 0) is 25.6 Å². The summed E-state index contributed by atoms with van der Waals surface area (Å²) in [6.45, 7) is 4.22. The molecule has 1 atom stereocenters. The third-order valence-corrected chi connectivity index (χ3v) is 2.17. The number of nitrogens with zero attached hydrogens (tertiary/aromatic N) is 2. The summed E-state index contributed by atoms with van der Waals surface area (Å²) in [5, 5.41) is 6.51. The van der Waals surface area contributed by atoms with Gasteiger partial charge in [-0.1, -0.05) is 13.3 Å². The number of nitrogens with two attached hydrogens (primary N) is 1. The fourth-order valence-electron chi connectivity index (χ4n) is 1.29. The van der Waals surface area contributed by atoms with Gasteiger partial charge in [0.25, 0.3) is 0 Å². The lowest BCUT2D eigenvalue weighted by Crippen LogP contribution is -2.08. The van der Waals surface area contributed by atoms with Crippen molar-refractivity contribution in [3.8, 4) is 0 Å². The minimum atomic E-state index is 0.334. The summed E-state index contributed by atoms with van der Waals surface area (Å²) in [5.74, 6) is 0.473. The first-order valence-electron chi connectivity index (χ1n) is 4.09. The monoisotopic (exact) mass is 186 g/mol. The largest absolute Gasteiger partial charge is 0.368 e. The van der Waals surface area contributed by atoms with Crippen molar-refractivity contribution in [3.05, 3.63) is 4.77 Å². The fraction of sp³-hybridized carbons (Fsp3) is 0.714. The van der Waals surface area contributed by atoms with Gasteiger partial charge in [0.2, 0.25) is 5.95 Å². The zero-order valence-electron chi connectivity index (χ0n) is 7.37. The minimum Gasteiger partial charge on any atom is -0.368 e. The van der Waals surface area contributed by atoms with Crippen LogP contribution in [0, 0.1) is 4.77 Å². The van der Waals surface area contributed by atoms with E-state index in [-0.39, 0.29) is 0 Å². The number of aromatic nitrogens is 3. The molecule has 4 nitrogen and oxygen atoms in total. The average Bonchev–Trinajstić information content (AvgIpc) is 2.32. The highest BCUT2D eigenvalue weighted by Gasteiger charge is 2.08. The van der Waals surface area contributed by atoms with Crippen molar-refractivity contribution in [3.63, 3.8) is 0 Å². The first kappa shape index (κ1) is 9.25. The lowest BCUT2D eigenvalue weighted by Gasteiger charge is -2.11. The van der Waals surface area contributed by atoms with E-state index in [1.54, 1.807) is 0 Å². The molecule has 0 aliphatic carbocycles. The predicted molar refractivity (Wildman–Crippen MR) is 51.4 cm³/mol. The van der Waals surface area contributed by atoms with Crippen LogP contribution in [0.15, 0.2) is 0 Å². The van der Waals surface area contributed by atoms with Gasteiger partial charge in [0.1, 0.15) is 0 Å². The van der Waals surface area contributed by atoms with Gasteiger partial charge in [0.05, 0.1) is 0 Å². The summed E-state index contributed by atoms with van der Waals surface area (Å²) in [5.41, 5.74) is 5.63. The second-order valence-corrected chi connectivity index (χ2v) is 3.28. The Balaban J connectivity index is 2.93. The van der Waals surface area contributed by atoms with Gasteiger partial charge in [-0.2, -0.15) is 0 Å². The molecule has 1 aromatic heterocycles. The lowest BCUT2D eigenvalue weighted by atomic mass is 10.2. The van der Waals surface area contributed by atoms with Crippen LogP contribution in [0.3, 0.4) is 0 Å². The molecule has 68 valence electrons. The van der Waals surface area contributed by atoms with E-state index in [1.807, 2.05) is 4.57 Å². The summed E-state index contributed by atoms with van der Waals surface area (Å²) < 4.78 is 2.45. The molecule has 0 aliphatic rings. The van der Waals surface area contributed by atoms with Crippen LogP contribution < -0.4 is 5.73 Å². The van der Waals surface area contributed by atoms with E-state index in [2.05, 4.69) is 24.0 Å². The quantitative estimate of drug-likeness (QED) is 0.709. The molecule has 1 aromatic rings. The second kappa shape index (κ2) is 3.71. The van der Waals surface area contributed by atoms with E-state index in [0.717, 1.165) is 12.8 Å². The Morgan fingerprint density at radius 1 is 1.75 bits per heavy atom. The molecule has 5 heteroatoms. The Hall–Kier alpha value is -0.840. The van der Waals surface area contributed by atoms with Gasteiger partial charge in [0.15, 0.2) is 4.77 Å². The molecule has 0 saturated carbocycles. The zero-order chi connectivity index (χ0) is 9.14. The van der Waals surface area contributed by atoms with Crippen LogP contribution >= 0.6 is 12.2 Å². The van der Waals surface area contributed by atoms with E-state index >= 15 is 0 Å². The van der Waals surface area contributed by atoms with E-state index in [9.17, 15) is 0 Å². The highest BCUT2D eigenvalue weighted by atomic mass is 32.1. The number of H-pyrrole nitrogens is 1. The normalized spacial score (nSPS) is 13.2. The highest BCUT2D eigenvalue weighted by molar-refractivity contribution is 7.71. The van der Waals surface area contributed by atoms with Gasteiger partial charge in [-0.25, -0.2) is 5.10 Å². The molecule has 0 aliphatic heterocycles. The summed E-state index contributed by atoms with van der Waals surface area (Å²) in [6, 6.07) is 0.334. The Kier molecular flexibility index (Phi) is 2.86. The molecule has 0 amide bonds. The Bertz CT molecular complexity index is 301. The van der Waals surface area contributed by atoms with Crippen LogP contribution in [0.5, 0.6) is 0 Å². The number of nitrogens with one attached hydrogen (secondary N) is 1. The summed E-state index contributed by atoms with van der Waals surface area (Å²) in [7, 11) is 0. The van der Waals surface area contributed by atoms with Gasteiger partial charge in [0, 0.05) is 6.04 Å². The Morgan fingerprint density at radius 2 is 2.42 bits per heavy atom. The van der Waals surface area contributed by atoms with E-state index < -0.39 is 0 Å². The zero-order valence-corrected chi connectivity index (χ0v) is 8.19. The Labute approximate surface area is 76.8 Å². The molecule has 0 radical (unpaired) electrons. The number of nitrogen functional groups attached to an aromatic ring is 1. The van der Waals surface area contributed by atoms with Crippen molar-refractivity contribution < 1.29 is 0 Å². The summed E-state index contributed by atoms with van der Waals surface area (Å²) >= 11 is 5.03. The average molecular weight is 186 g/mol. The van der Waals surface area contributed by atoms with Crippen LogP contribution in [-0.4, -0.2) is 14.8 Å². The van der Waals surface area contributed by atoms with Crippen LogP contribution in [0.1, 0.15) is 32.7 Å². The topological polar surface area (TPSA) is 59.6 Å². The molecule has 1 heterocycles. The number of hydrogen-bond acceptors (Lipinski definition) is 3. The molecule has 12 heavy (non-hydrogen) atoms. The van der Waals surface area contributed by atoms with Crippen LogP contribution in [0.25, 0.3) is 0 Å². The van der Waals surface area contributed by atoms with Crippen molar-refractivity contribution in [1.29, 1.82) is 0 Å². The maximum Gasteiger partial charge on any atom is 0.220 e. The van der Waals surface area contributed by atoms with Crippen LogP contribution in [-0.2, 0) is 0 Å². The Morgan fingerprint density at radius 3 is 2.83 bits per heavy atom. The van der Waals surface area contributed by atoms with Crippen molar-refractivity contribution in [2.45, 2.75) is 32.7 Å². The van der Waals surface area contributed by atoms with Gasteiger partial charge < -0.3 is 5.73 Å². The van der Waals surface area contributed by atoms with Crippen molar-refractivity contribution in [2.24, 2.45) is 0 Å². The molecule has 0 fully saturated rings. The lowest BCUT2D eigenvalue weighted by molar-refractivity contribution is 0.500. The first-order valence-corrected chi connectivity index (χ1v) is 4.50. The maximum atomic E-state index is 5.63. The number of hydrogen-bond donors (Lipinski definition) is 2. The summed E-state index contributed by atoms with van der Waals surface area (Å²) in [6.07, 6.45) is 2.19. The molecule has 3 N–H and O–H groups in total. The molecule has 1 rings (SSSR count). The molecule has 0 saturated heterocycles. The van der Waals surface area contributed by atoms with Crippen molar-refractivity contribution >= 4 is 18.2 Å². The molecule has 0 aromatic carbocycles. The minimum absolute atomic E-state index is 0.334. The van der Waals surface area contributed by atoms with Crippen molar-refractivity contribution in [2.75, 3.05) is 5.73 Å². The highest BCUT2D eigenvalue weighted by Crippen LogP contribution is 2.15. The fourth-order valence-corrected chi connectivity index (χ4v) is 1.61. The van der Waals surface area contributed by atoms with E-state index in [1.165, 1.54) is 0 Å². The van der Waals surface area contributed by atoms with Crippen LogP contribution in [0.2, 0.25) is 0 Å². The standard InChI is InChI=1S/C7H14N4S/c1-3-4-5(2)11-6(8)9-10-7(11)12/h5H,3-4H2,1-2H3,(H2,8,9)(H,10,12). The second-order valence-electron chi connectivity index (χ2n) is 2.89. The summed E-state index contributed by atoms with van der Waals surface area (Å²) in [4.78, 5) is 0. The molecular weight excluding hydrogens is 172 g/mol. The number of aromatic amines is 1. The number of anilines is 1. The third kappa shape index (κ3) is 1.66. The van der Waals surface area contributed by atoms with Gasteiger partial charge in [-0.3, -0.25) is 4.57 Å². The molecule has 0 bridgehead atoms. The van der Waals surface area contributed by atoms with E-state index in [4.69, 9.17) is 18.0 Å². The van der Waals surface area contributed by atoms with Gasteiger partial charge >= 0.3 is 0 Å². The smallest absolute Gasteiger partial charge is 0.220 e. The van der Waals surface area contributed by atoms with Crippen molar-refractivity contribution in [1.82, 2.24) is 14.8 Å².